The van der Waals surface area contributed by atoms with Crippen molar-refractivity contribution in [3.8, 4) is 5.75 Å². The summed E-state index contributed by atoms with van der Waals surface area (Å²) in [6.45, 7) is 2.31. The van der Waals surface area contributed by atoms with Gasteiger partial charge in [0.05, 0.1) is 7.11 Å². The van der Waals surface area contributed by atoms with E-state index in [9.17, 15) is 4.79 Å². The van der Waals surface area contributed by atoms with E-state index in [0.29, 0.717) is 23.9 Å². The molecular weight excluding hydrogens is 340 g/mol. The minimum atomic E-state index is -0.217. The Morgan fingerprint density at radius 2 is 1.85 bits per heavy atom. The van der Waals surface area contributed by atoms with E-state index in [1.54, 1.807) is 20.1 Å². The summed E-state index contributed by atoms with van der Waals surface area (Å²) in [5.41, 5.74) is 2.33. The fourth-order valence-corrected chi connectivity index (χ4v) is 2.65. The zero-order chi connectivity index (χ0) is 19.1. The molecule has 27 heavy (non-hydrogen) atoms. The first kappa shape index (κ1) is 18.4. The average Bonchev–Trinajstić information content (AvgIpc) is 2.68. The van der Waals surface area contributed by atoms with Crippen LogP contribution in [-0.4, -0.2) is 29.5 Å². The number of carbonyl (C=O) groups is 1. The molecule has 0 saturated carbocycles. The van der Waals surface area contributed by atoms with Gasteiger partial charge in [-0.3, -0.25) is 4.79 Å². The number of anilines is 2. The smallest absolute Gasteiger partial charge is 0.270 e. The minimum Gasteiger partial charge on any atom is -0.497 e. The molecule has 138 valence electrons. The summed E-state index contributed by atoms with van der Waals surface area (Å²) in [5, 5.41) is 6.09. The number of methoxy groups -OCH3 is 1. The normalized spacial score (nSPS) is 10.3. The molecule has 3 rings (SSSR count). The highest BCUT2D eigenvalue weighted by Crippen LogP contribution is 2.20. The molecule has 0 radical (unpaired) electrons. The second kappa shape index (κ2) is 8.80. The fourth-order valence-electron chi connectivity index (χ4n) is 2.65. The maximum atomic E-state index is 12.4. The van der Waals surface area contributed by atoms with Crippen molar-refractivity contribution < 1.29 is 9.53 Å². The third kappa shape index (κ3) is 5.28. The summed E-state index contributed by atoms with van der Waals surface area (Å²) in [4.78, 5) is 21.0. The van der Waals surface area contributed by atoms with Crippen molar-refractivity contribution >= 4 is 17.4 Å². The molecule has 0 fully saturated rings. The van der Waals surface area contributed by atoms with Gasteiger partial charge in [0.15, 0.2) is 0 Å². The lowest BCUT2D eigenvalue weighted by molar-refractivity contribution is 0.0949. The van der Waals surface area contributed by atoms with Gasteiger partial charge in [0.25, 0.3) is 5.91 Å². The van der Waals surface area contributed by atoms with Gasteiger partial charge < -0.3 is 15.4 Å². The van der Waals surface area contributed by atoms with E-state index < -0.39 is 0 Å². The van der Waals surface area contributed by atoms with Crippen LogP contribution in [0, 0.1) is 6.92 Å². The monoisotopic (exact) mass is 362 g/mol. The molecule has 0 atom stereocenters. The Balaban J connectivity index is 1.66. The van der Waals surface area contributed by atoms with E-state index in [-0.39, 0.29) is 5.91 Å². The van der Waals surface area contributed by atoms with Crippen LogP contribution in [0.5, 0.6) is 5.75 Å². The zero-order valence-corrected chi connectivity index (χ0v) is 15.4. The van der Waals surface area contributed by atoms with Crippen LogP contribution < -0.4 is 15.4 Å². The third-order valence-corrected chi connectivity index (χ3v) is 3.95. The van der Waals surface area contributed by atoms with Crippen LogP contribution >= 0.6 is 0 Å². The molecule has 0 aliphatic carbocycles. The molecule has 0 saturated heterocycles. The molecule has 1 heterocycles. The summed E-state index contributed by atoms with van der Waals surface area (Å²) < 4.78 is 5.22. The van der Waals surface area contributed by atoms with Crippen molar-refractivity contribution in [2.75, 3.05) is 19.0 Å². The number of aryl methyl sites for hydroxylation is 1. The largest absolute Gasteiger partial charge is 0.497 e. The number of benzene rings is 2. The number of amides is 1. The van der Waals surface area contributed by atoms with Gasteiger partial charge in [0, 0.05) is 24.4 Å². The molecule has 0 spiro atoms. The molecule has 1 amide bonds. The summed E-state index contributed by atoms with van der Waals surface area (Å²) in [5.74, 6) is 1.61. The van der Waals surface area contributed by atoms with Gasteiger partial charge in [0.1, 0.15) is 23.1 Å². The van der Waals surface area contributed by atoms with Crippen molar-refractivity contribution in [1.82, 2.24) is 15.3 Å². The highest BCUT2D eigenvalue weighted by atomic mass is 16.5. The first-order chi connectivity index (χ1) is 13.1. The van der Waals surface area contributed by atoms with Crippen LogP contribution in [-0.2, 0) is 6.42 Å². The van der Waals surface area contributed by atoms with E-state index in [0.717, 1.165) is 17.9 Å². The second-order valence-corrected chi connectivity index (χ2v) is 6.03. The Morgan fingerprint density at radius 3 is 2.63 bits per heavy atom. The number of nitrogens with one attached hydrogen (secondary N) is 2. The molecule has 1 aromatic heterocycles. The minimum absolute atomic E-state index is 0.217. The molecular formula is C21H22N4O2. The Morgan fingerprint density at radius 1 is 1.04 bits per heavy atom. The maximum Gasteiger partial charge on any atom is 0.270 e. The highest BCUT2D eigenvalue weighted by molar-refractivity contribution is 5.93. The standard InChI is InChI=1S/C21H22N4O2/c1-15-23-19(21(26)22-12-11-16-7-4-3-5-8-16)14-20(24-15)25-17-9-6-10-18(13-17)27-2/h3-10,13-14H,11-12H2,1-2H3,(H,22,26)(H,23,24,25). The van der Waals surface area contributed by atoms with Gasteiger partial charge in [-0.15, -0.1) is 0 Å². The molecule has 6 nitrogen and oxygen atoms in total. The lowest BCUT2D eigenvalue weighted by atomic mass is 10.1. The van der Waals surface area contributed by atoms with Gasteiger partial charge >= 0.3 is 0 Å². The quantitative estimate of drug-likeness (QED) is 0.673. The molecule has 0 unspecified atom stereocenters. The van der Waals surface area contributed by atoms with Gasteiger partial charge in [-0.25, -0.2) is 9.97 Å². The zero-order valence-electron chi connectivity index (χ0n) is 15.4. The number of hydrogen-bond acceptors (Lipinski definition) is 5. The molecule has 0 aliphatic rings. The predicted octanol–water partition coefficient (Wildman–Crippen LogP) is 3.51. The van der Waals surface area contributed by atoms with Crippen LogP contribution in [0.2, 0.25) is 0 Å². The molecule has 2 N–H and O–H groups in total. The summed E-state index contributed by atoms with van der Waals surface area (Å²) in [6.07, 6.45) is 0.769. The van der Waals surface area contributed by atoms with Gasteiger partial charge in [0.2, 0.25) is 0 Å². The van der Waals surface area contributed by atoms with E-state index in [1.165, 1.54) is 5.56 Å². The van der Waals surface area contributed by atoms with Crippen molar-refractivity contribution in [2.45, 2.75) is 13.3 Å². The number of ether oxygens (including phenoxy) is 1. The highest BCUT2D eigenvalue weighted by Gasteiger charge is 2.10. The van der Waals surface area contributed by atoms with Crippen LogP contribution in [0.15, 0.2) is 60.7 Å². The number of aromatic nitrogens is 2. The van der Waals surface area contributed by atoms with Crippen molar-refractivity contribution in [2.24, 2.45) is 0 Å². The van der Waals surface area contributed by atoms with E-state index in [2.05, 4.69) is 20.6 Å². The fraction of sp³-hybridized carbons (Fsp3) is 0.190. The molecule has 3 aromatic rings. The molecule has 6 heteroatoms. The lowest BCUT2D eigenvalue weighted by Crippen LogP contribution is -2.27. The van der Waals surface area contributed by atoms with Crippen LogP contribution in [0.25, 0.3) is 0 Å². The van der Waals surface area contributed by atoms with Crippen LogP contribution in [0.4, 0.5) is 11.5 Å². The lowest BCUT2D eigenvalue weighted by Gasteiger charge is -2.10. The average molecular weight is 362 g/mol. The maximum absolute atomic E-state index is 12.4. The third-order valence-electron chi connectivity index (χ3n) is 3.95. The number of carbonyl (C=O) groups excluding carboxylic acids is 1. The van der Waals surface area contributed by atoms with Crippen molar-refractivity contribution in [3.05, 3.63) is 77.7 Å². The topological polar surface area (TPSA) is 76.1 Å². The van der Waals surface area contributed by atoms with E-state index in [4.69, 9.17) is 4.74 Å². The van der Waals surface area contributed by atoms with Crippen molar-refractivity contribution in [1.29, 1.82) is 0 Å². The Labute approximate surface area is 158 Å². The summed E-state index contributed by atoms with van der Waals surface area (Å²) >= 11 is 0. The van der Waals surface area contributed by atoms with Gasteiger partial charge in [-0.1, -0.05) is 36.4 Å². The Kier molecular flexibility index (Phi) is 5.99. The van der Waals surface area contributed by atoms with Crippen molar-refractivity contribution in [3.63, 3.8) is 0 Å². The van der Waals surface area contributed by atoms with Gasteiger partial charge in [-0.05, 0) is 31.0 Å². The van der Waals surface area contributed by atoms with Gasteiger partial charge in [-0.2, -0.15) is 0 Å². The summed E-state index contributed by atoms with van der Waals surface area (Å²) in [7, 11) is 1.62. The Hall–Kier alpha value is -3.41. The van der Waals surface area contributed by atoms with Crippen LogP contribution in [0.3, 0.4) is 0 Å². The first-order valence-electron chi connectivity index (χ1n) is 8.73. The number of nitrogens with zero attached hydrogens (tertiary/aromatic N) is 2. The summed E-state index contributed by atoms with van der Waals surface area (Å²) in [6, 6.07) is 19.2. The van der Waals surface area contributed by atoms with E-state index in [1.807, 2.05) is 54.6 Å². The Bertz CT molecular complexity index is 913. The first-order valence-corrected chi connectivity index (χ1v) is 8.73. The predicted molar refractivity (Wildman–Crippen MR) is 106 cm³/mol. The molecule has 2 aromatic carbocycles. The SMILES string of the molecule is COc1cccc(Nc2cc(C(=O)NCCc3ccccc3)nc(C)n2)c1. The number of hydrogen-bond donors (Lipinski definition) is 2. The van der Waals surface area contributed by atoms with Crippen LogP contribution in [0.1, 0.15) is 21.9 Å². The van der Waals surface area contributed by atoms with E-state index >= 15 is 0 Å². The molecule has 0 aliphatic heterocycles. The second-order valence-electron chi connectivity index (χ2n) is 6.03. The molecule has 0 bridgehead atoms. The number of rotatable bonds is 7.